The van der Waals surface area contributed by atoms with Gasteiger partial charge in [0.15, 0.2) is 0 Å². The number of hydrogen-bond acceptors (Lipinski definition) is 4. The number of nitrogens with zero attached hydrogens (tertiary/aromatic N) is 2. The molecule has 1 atom stereocenters. The molecular weight excluding hydrogens is 405 g/mol. The zero-order chi connectivity index (χ0) is 22.0. The highest BCUT2D eigenvalue weighted by Gasteiger charge is 2.22. The van der Waals surface area contributed by atoms with Crippen LogP contribution in [-0.2, 0) is 0 Å². The largest absolute Gasteiger partial charge is 0.368 e. The Morgan fingerprint density at radius 3 is 2.65 bits per heavy atom. The van der Waals surface area contributed by atoms with Crippen LogP contribution in [0.25, 0.3) is 11.1 Å². The molecule has 0 spiro atoms. The summed E-state index contributed by atoms with van der Waals surface area (Å²) in [6.07, 6.45) is 4.97. The van der Waals surface area contributed by atoms with Gasteiger partial charge in [0.2, 0.25) is 0 Å². The van der Waals surface area contributed by atoms with Gasteiger partial charge in [-0.3, -0.25) is 9.78 Å². The summed E-state index contributed by atoms with van der Waals surface area (Å²) >= 11 is 0. The van der Waals surface area contributed by atoms with Gasteiger partial charge in [-0.05, 0) is 42.7 Å². The molecule has 4 rings (SSSR count). The number of halogens is 3. The van der Waals surface area contributed by atoms with Gasteiger partial charge in [-0.1, -0.05) is 12.1 Å². The average molecular weight is 426 g/mol. The van der Waals surface area contributed by atoms with Crippen LogP contribution in [0.4, 0.5) is 24.5 Å². The lowest BCUT2D eigenvalue weighted by atomic mass is 10.0. The number of piperidine rings is 1. The van der Waals surface area contributed by atoms with Crippen LogP contribution in [0, 0.1) is 17.5 Å². The summed E-state index contributed by atoms with van der Waals surface area (Å²) in [5.41, 5.74) is 6.95. The SMILES string of the molecule is N[C@H]1CCCN(c2ccncc2NC(=O)c2cccc(-c3cc(F)cc(F)c3)c2F)C1. The monoisotopic (exact) mass is 426 g/mol. The summed E-state index contributed by atoms with van der Waals surface area (Å²) in [5, 5.41) is 2.71. The summed E-state index contributed by atoms with van der Waals surface area (Å²) in [6.45, 7) is 1.43. The van der Waals surface area contributed by atoms with Crippen molar-refractivity contribution in [2.45, 2.75) is 18.9 Å². The number of aromatic nitrogens is 1. The summed E-state index contributed by atoms with van der Waals surface area (Å²) in [6, 6.07) is 8.69. The molecule has 3 N–H and O–H groups in total. The highest BCUT2D eigenvalue weighted by molar-refractivity contribution is 6.06. The summed E-state index contributed by atoms with van der Waals surface area (Å²) in [4.78, 5) is 19.0. The molecule has 1 fully saturated rings. The van der Waals surface area contributed by atoms with Crippen molar-refractivity contribution < 1.29 is 18.0 Å². The van der Waals surface area contributed by atoms with Crippen molar-refractivity contribution in [3.63, 3.8) is 0 Å². The molecule has 5 nitrogen and oxygen atoms in total. The molecule has 3 aromatic rings. The Hall–Kier alpha value is -3.39. The van der Waals surface area contributed by atoms with Crippen molar-refractivity contribution in [2.24, 2.45) is 5.73 Å². The van der Waals surface area contributed by atoms with Crippen LogP contribution >= 0.6 is 0 Å². The van der Waals surface area contributed by atoms with E-state index >= 15 is 4.39 Å². The van der Waals surface area contributed by atoms with Crippen molar-refractivity contribution in [1.82, 2.24) is 4.98 Å². The Morgan fingerprint density at radius 2 is 1.90 bits per heavy atom. The molecule has 1 aromatic heterocycles. The Morgan fingerprint density at radius 1 is 1.13 bits per heavy atom. The third-order valence-corrected chi connectivity index (χ3v) is 5.26. The van der Waals surface area contributed by atoms with Crippen LogP contribution in [0.15, 0.2) is 54.9 Å². The fourth-order valence-corrected chi connectivity index (χ4v) is 3.82. The van der Waals surface area contributed by atoms with E-state index in [1.807, 2.05) is 0 Å². The second-order valence-electron chi connectivity index (χ2n) is 7.52. The molecule has 1 saturated heterocycles. The predicted molar refractivity (Wildman–Crippen MR) is 113 cm³/mol. The minimum atomic E-state index is -0.865. The average Bonchev–Trinajstić information content (AvgIpc) is 2.73. The maximum atomic E-state index is 15.1. The molecule has 31 heavy (non-hydrogen) atoms. The molecular formula is C23H21F3N4O. The number of pyridine rings is 1. The van der Waals surface area contributed by atoms with Gasteiger partial charge in [-0.2, -0.15) is 0 Å². The van der Waals surface area contributed by atoms with Crippen LogP contribution < -0.4 is 16.0 Å². The first-order chi connectivity index (χ1) is 14.9. The smallest absolute Gasteiger partial charge is 0.258 e. The van der Waals surface area contributed by atoms with E-state index in [1.54, 1.807) is 12.3 Å². The Balaban J connectivity index is 1.63. The number of amides is 1. The summed E-state index contributed by atoms with van der Waals surface area (Å²) in [7, 11) is 0. The van der Waals surface area contributed by atoms with Crippen LogP contribution in [-0.4, -0.2) is 30.0 Å². The molecule has 0 unspecified atom stereocenters. The first-order valence-electron chi connectivity index (χ1n) is 9.93. The van der Waals surface area contributed by atoms with E-state index in [0.29, 0.717) is 18.3 Å². The van der Waals surface area contributed by atoms with E-state index in [-0.39, 0.29) is 22.7 Å². The number of hydrogen-bond donors (Lipinski definition) is 2. The highest BCUT2D eigenvalue weighted by atomic mass is 19.1. The molecule has 2 heterocycles. The van der Waals surface area contributed by atoms with Gasteiger partial charge in [-0.15, -0.1) is 0 Å². The van der Waals surface area contributed by atoms with Gasteiger partial charge in [0, 0.05) is 37.0 Å². The standard InChI is InChI=1S/C23H21F3N4O/c24-15-9-14(10-16(25)11-15)18-4-1-5-19(22(18)26)23(31)29-20-12-28-7-6-21(20)30-8-2-3-17(27)13-30/h1,4-7,9-12,17H,2-3,8,13,27H2,(H,29,31)/t17-/m0/s1. The molecule has 1 aliphatic heterocycles. The number of rotatable bonds is 4. The third-order valence-electron chi connectivity index (χ3n) is 5.26. The quantitative estimate of drug-likeness (QED) is 0.651. The van der Waals surface area contributed by atoms with E-state index < -0.39 is 23.4 Å². The lowest BCUT2D eigenvalue weighted by Crippen LogP contribution is -2.43. The zero-order valence-electron chi connectivity index (χ0n) is 16.6. The second kappa shape index (κ2) is 8.77. The van der Waals surface area contributed by atoms with E-state index in [1.165, 1.54) is 24.4 Å². The minimum absolute atomic E-state index is 0.00835. The molecule has 160 valence electrons. The van der Waals surface area contributed by atoms with Gasteiger partial charge < -0.3 is 16.0 Å². The van der Waals surface area contributed by atoms with Crippen molar-refractivity contribution in [2.75, 3.05) is 23.3 Å². The predicted octanol–water partition coefficient (Wildman–Crippen LogP) is 4.35. The second-order valence-corrected chi connectivity index (χ2v) is 7.52. The lowest BCUT2D eigenvalue weighted by Gasteiger charge is -2.33. The Kier molecular flexibility index (Phi) is 5.90. The molecule has 2 aromatic carbocycles. The topological polar surface area (TPSA) is 71.2 Å². The lowest BCUT2D eigenvalue weighted by molar-refractivity contribution is 0.102. The van der Waals surface area contributed by atoms with Gasteiger partial charge in [0.1, 0.15) is 17.5 Å². The van der Waals surface area contributed by atoms with Gasteiger partial charge >= 0.3 is 0 Å². The van der Waals surface area contributed by atoms with Crippen molar-refractivity contribution >= 4 is 17.3 Å². The molecule has 1 aliphatic rings. The van der Waals surface area contributed by atoms with E-state index in [9.17, 15) is 13.6 Å². The van der Waals surface area contributed by atoms with Crippen LogP contribution in [0.2, 0.25) is 0 Å². The van der Waals surface area contributed by atoms with E-state index in [2.05, 4.69) is 15.2 Å². The molecule has 1 amide bonds. The highest BCUT2D eigenvalue weighted by Crippen LogP contribution is 2.30. The first-order valence-corrected chi connectivity index (χ1v) is 9.93. The minimum Gasteiger partial charge on any atom is -0.368 e. The molecule has 0 saturated carbocycles. The van der Waals surface area contributed by atoms with E-state index in [4.69, 9.17) is 5.73 Å². The summed E-state index contributed by atoms with van der Waals surface area (Å²) < 4.78 is 42.3. The first kappa shape index (κ1) is 20.9. The number of anilines is 2. The Bertz CT molecular complexity index is 1100. The Labute approximate surface area is 177 Å². The molecule has 8 heteroatoms. The maximum absolute atomic E-state index is 15.1. The number of benzene rings is 2. The third kappa shape index (κ3) is 4.54. The van der Waals surface area contributed by atoms with Gasteiger partial charge in [0.05, 0.1) is 23.1 Å². The van der Waals surface area contributed by atoms with Crippen LogP contribution in [0.1, 0.15) is 23.2 Å². The molecule has 0 aliphatic carbocycles. The van der Waals surface area contributed by atoms with Crippen molar-refractivity contribution in [1.29, 1.82) is 0 Å². The summed E-state index contributed by atoms with van der Waals surface area (Å²) in [5.74, 6) is -3.21. The van der Waals surface area contributed by atoms with E-state index in [0.717, 1.165) is 37.2 Å². The van der Waals surface area contributed by atoms with Crippen molar-refractivity contribution in [3.8, 4) is 11.1 Å². The molecule has 0 radical (unpaired) electrons. The number of nitrogens with two attached hydrogens (primary N) is 1. The maximum Gasteiger partial charge on any atom is 0.258 e. The van der Waals surface area contributed by atoms with Crippen molar-refractivity contribution in [3.05, 3.63) is 77.9 Å². The van der Waals surface area contributed by atoms with Gasteiger partial charge in [0.25, 0.3) is 5.91 Å². The fraction of sp³-hybridized carbons (Fsp3) is 0.217. The normalized spacial score (nSPS) is 16.3. The fourth-order valence-electron chi connectivity index (χ4n) is 3.82. The van der Waals surface area contributed by atoms with Crippen LogP contribution in [0.5, 0.6) is 0 Å². The zero-order valence-corrected chi connectivity index (χ0v) is 16.6. The molecule has 0 bridgehead atoms. The van der Waals surface area contributed by atoms with Gasteiger partial charge in [-0.25, -0.2) is 13.2 Å². The number of carbonyl (C=O) groups is 1. The number of nitrogens with one attached hydrogen (secondary N) is 1. The number of carbonyl (C=O) groups excluding carboxylic acids is 1. The van der Waals surface area contributed by atoms with Crippen LogP contribution in [0.3, 0.4) is 0 Å².